The monoisotopic (exact) mass is 223 g/mol. The van der Waals surface area contributed by atoms with Gasteiger partial charge in [-0.2, -0.15) is 0 Å². The average molecular weight is 223 g/mol. The van der Waals surface area contributed by atoms with Crippen molar-refractivity contribution in [3.8, 4) is 0 Å². The minimum absolute atomic E-state index is 0.156. The van der Waals surface area contributed by atoms with E-state index in [4.69, 9.17) is 5.73 Å². The van der Waals surface area contributed by atoms with Crippen LogP contribution in [0.3, 0.4) is 0 Å². The lowest BCUT2D eigenvalue weighted by Crippen LogP contribution is -2.38. The second-order valence-electron chi connectivity index (χ2n) is 3.64. The third-order valence-electron chi connectivity index (χ3n) is 1.95. The molecule has 6 heteroatoms. The van der Waals surface area contributed by atoms with Gasteiger partial charge in [0.15, 0.2) is 0 Å². The smallest absolute Gasteiger partial charge is 0.215 e. The van der Waals surface area contributed by atoms with Gasteiger partial charge in [0.2, 0.25) is 10.0 Å². The van der Waals surface area contributed by atoms with E-state index in [1.165, 1.54) is 0 Å². The molecule has 1 atom stereocenters. The third-order valence-corrected chi connectivity index (χ3v) is 3.81. The van der Waals surface area contributed by atoms with Gasteiger partial charge in [-0.05, 0) is 34.0 Å². The van der Waals surface area contributed by atoms with Crippen molar-refractivity contribution in [3.63, 3.8) is 0 Å². The Bertz CT molecular complexity index is 239. The zero-order valence-electron chi connectivity index (χ0n) is 9.16. The molecule has 0 fully saturated rings. The highest BCUT2D eigenvalue weighted by Crippen LogP contribution is 1.95. The first-order valence-electron chi connectivity index (χ1n) is 4.73. The van der Waals surface area contributed by atoms with E-state index in [1.807, 2.05) is 19.0 Å². The Morgan fingerprint density at radius 3 is 2.43 bits per heavy atom. The number of hydrogen-bond acceptors (Lipinski definition) is 4. The first kappa shape index (κ1) is 13.8. The Hall–Kier alpha value is -0.170. The maximum atomic E-state index is 11.4. The Labute approximate surface area is 86.7 Å². The fourth-order valence-corrected chi connectivity index (χ4v) is 1.85. The number of hydrogen-bond donors (Lipinski definition) is 2. The molecule has 0 aromatic carbocycles. The molecule has 1 unspecified atom stereocenters. The van der Waals surface area contributed by atoms with Crippen molar-refractivity contribution in [2.24, 2.45) is 5.73 Å². The minimum Gasteiger partial charge on any atom is -0.329 e. The molecule has 0 aliphatic carbocycles. The molecule has 0 amide bonds. The van der Waals surface area contributed by atoms with E-state index < -0.39 is 15.3 Å². The van der Waals surface area contributed by atoms with Crippen LogP contribution in [0.5, 0.6) is 0 Å². The van der Waals surface area contributed by atoms with Gasteiger partial charge in [-0.3, -0.25) is 0 Å². The van der Waals surface area contributed by atoms with Crippen molar-refractivity contribution in [2.75, 3.05) is 33.7 Å². The van der Waals surface area contributed by atoms with Crippen LogP contribution in [-0.2, 0) is 10.0 Å². The number of rotatable bonds is 7. The molecular weight excluding hydrogens is 202 g/mol. The molecule has 0 bridgehead atoms. The highest BCUT2D eigenvalue weighted by atomic mass is 32.2. The highest BCUT2D eigenvalue weighted by Gasteiger charge is 2.17. The summed E-state index contributed by atoms with van der Waals surface area (Å²) in [5.41, 5.74) is 5.28. The molecule has 0 spiro atoms. The number of sulfonamides is 1. The molecule has 0 aromatic rings. The summed E-state index contributed by atoms with van der Waals surface area (Å²) in [7, 11) is 0.709. The van der Waals surface area contributed by atoms with Crippen LogP contribution >= 0.6 is 0 Å². The third kappa shape index (κ3) is 5.54. The lowest BCUT2D eigenvalue weighted by Gasteiger charge is -2.13. The van der Waals surface area contributed by atoms with E-state index in [2.05, 4.69) is 4.72 Å². The van der Waals surface area contributed by atoms with E-state index in [-0.39, 0.29) is 6.54 Å². The van der Waals surface area contributed by atoms with Gasteiger partial charge in [0.25, 0.3) is 0 Å². The van der Waals surface area contributed by atoms with Gasteiger partial charge in [-0.1, -0.05) is 0 Å². The van der Waals surface area contributed by atoms with Crippen LogP contribution in [0.4, 0.5) is 0 Å². The zero-order valence-corrected chi connectivity index (χ0v) is 9.97. The predicted molar refractivity (Wildman–Crippen MR) is 58.6 cm³/mol. The van der Waals surface area contributed by atoms with Crippen molar-refractivity contribution in [1.82, 2.24) is 9.62 Å². The number of nitrogens with two attached hydrogens (primary N) is 1. The fraction of sp³-hybridized carbons (Fsp3) is 1.00. The summed E-state index contributed by atoms with van der Waals surface area (Å²) >= 11 is 0. The van der Waals surface area contributed by atoms with Crippen molar-refractivity contribution in [1.29, 1.82) is 0 Å². The molecule has 0 heterocycles. The highest BCUT2D eigenvalue weighted by molar-refractivity contribution is 7.90. The Kier molecular flexibility index (Phi) is 6.26. The van der Waals surface area contributed by atoms with E-state index >= 15 is 0 Å². The van der Waals surface area contributed by atoms with Gasteiger partial charge in [-0.25, -0.2) is 13.1 Å². The van der Waals surface area contributed by atoms with E-state index in [0.717, 1.165) is 13.0 Å². The average Bonchev–Trinajstić information content (AvgIpc) is 2.10. The largest absolute Gasteiger partial charge is 0.329 e. The molecule has 0 aliphatic heterocycles. The number of nitrogens with one attached hydrogen (secondary N) is 1. The van der Waals surface area contributed by atoms with Gasteiger partial charge in [-0.15, -0.1) is 0 Å². The Morgan fingerprint density at radius 2 is 2.00 bits per heavy atom. The van der Waals surface area contributed by atoms with Gasteiger partial charge >= 0.3 is 0 Å². The molecule has 86 valence electrons. The van der Waals surface area contributed by atoms with Gasteiger partial charge in [0.1, 0.15) is 0 Å². The van der Waals surface area contributed by atoms with E-state index in [0.29, 0.717) is 6.54 Å². The van der Waals surface area contributed by atoms with Crippen molar-refractivity contribution < 1.29 is 8.42 Å². The fourth-order valence-electron chi connectivity index (χ4n) is 0.879. The second kappa shape index (κ2) is 6.34. The summed E-state index contributed by atoms with van der Waals surface area (Å²) in [5, 5.41) is -0.512. The molecule has 5 nitrogen and oxygen atoms in total. The first-order valence-corrected chi connectivity index (χ1v) is 6.28. The van der Waals surface area contributed by atoms with Crippen LogP contribution in [0.15, 0.2) is 0 Å². The first-order chi connectivity index (χ1) is 6.40. The van der Waals surface area contributed by atoms with Crippen LogP contribution in [-0.4, -0.2) is 52.3 Å². The molecule has 3 N–H and O–H groups in total. The Balaban J connectivity index is 3.78. The lowest BCUT2D eigenvalue weighted by molar-refractivity contribution is 0.400. The molecule has 0 saturated carbocycles. The van der Waals surface area contributed by atoms with Gasteiger partial charge in [0.05, 0.1) is 5.25 Å². The second-order valence-corrected chi connectivity index (χ2v) is 5.83. The summed E-state index contributed by atoms with van der Waals surface area (Å²) < 4.78 is 25.3. The summed E-state index contributed by atoms with van der Waals surface area (Å²) in [5.74, 6) is 0. The Morgan fingerprint density at radius 1 is 1.43 bits per heavy atom. The lowest BCUT2D eigenvalue weighted by atomic mass is 10.4. The molecule has 0 rings (SSSR count). The van der Waals surface area contributed by atoms with Crippen molar-refractivity contribution in [2.45, 2.75) is 18.6 Å². The summed E-state index contributed by atoms with van der Waals surface area (Å²) in [6.07, 6.45) is 0.809. The molecule has 0 radical (unpaired) electrons. The van der Waals surface area contributed by atoms with Crippen molar-refractivity contribution in [3.05, 3.63) is 0 Å². The van der Waals surface area contributed by atoms with Crippen LogP contribution in [0, 0.1) is 0 Å². The molecule has 0 aromatic heterocycles. The van der Waals surface area contributed by atoms with E-state index in [9.17, 15) is 8.42 Å². The van der Waals surface area contributed by atoms with Crippen molar-refractivity contribution >= 4 is 10.0 Å². The van der Waals surface area contributed by atoms with Gasteiger partial charge in [0, 0.05) is 13.1 Å². The molecule has 0 aliphatic rings. The number of nitrogens with zero attached hydrogens (tertiary/aromatic N) is 1. The van der Waals surface area contributed by atoms with Crippen LogP contribution in [0.2, 0.25) is 0 Å². The molecule has 0 saturated heterocycles. The van der Waals surface area contributed by atoms with Crippen LogP contribution in [0.25, 0.3) is 0 Å². The molecular formula is C8H21N3O2S. The minimum atomic E-state index is -3.20. The standard InChI is InChI=1S/C8H21N3O2S/c1-8(7-9)14(12,13)10-5-4-6-11(2)3/h8,10H,4-7,9H2,1-3H3. The van der Waals surface area contributed by atoms with E-state index in [1.54, 1.807) is 6.92 Å². The molecule has 14 heavy (non-hydrogen) atoms. The van der Waals surface area contributed by atoms with Gasteiger partial charge < -0.3 is 10.6 Å². The summed E-state index contributed by atoms with van der Waals surface area (Å²) in [6, 6.07) is 0. The summed E-state index contributed by atoms with van der Waals surface area (Å²) in [4.78, 5) is 2.01. The summed E-state index contributed by atoms with van der Waals surface area (Å²) in [6.45, 7) is 3.11. The SMILES string of the molecule is CC(CN)S(=O)(=O)NCCCN(C)C. The normalized spacial score (nSPS) is 14.6. The zero-order chi connectivity index (χ0) is 11.2. The maximum absolute atomic E-state index is 11.4. The topological polar surface area (TPSA) is 75.4 Å². The van der Waals surface area contributed by atoms with Crippen LogP contribution in [0.1, 0.15) is 13.3 Å². The predicted octanol–water partition coefficient (Wildman–Crippen LogP) is -0.795. The maximum Gasteiger partial charge on any atom is 0.215 e. The quantitative estimate of drug-likeness (QED) is 0.554. The van der Waals surface area contributed by atoms with Crippen LogP contribution < -0.4 is 10.5 Å².